The van der Waals surface area contributed by atoms with Crippen molar-refractivity contribution in [2.24, 2.45) is 5.92 Å². The lowest BCUT2D eigenvalue weighted by Crippen LogP contribution is -2.35. The average molecular weight is 339 g/mol. The largest absolute Gasteiger partial charge is 0.300 e. The third-order valence-corrected chi connectivity index (χ3v) is 6.74. The fourth-order valence-electron chi connectivity index (χ4n) is 3.68. The fourth-order valence-corrected chi connectivity index (χ4v) is 5.53. The van der Waals surface area contributed by atoms with Crippen molar-refractivity contribution < 1.29 is 17.6 Å². The minimum absolute atomic E-state index is 0.0287. The molecule has 23 heavy (non-hydrogen) atoms. The summed E-state index contributed by atoms with van der Waals surface area (Å²) in [4.78, 5) is 14.6. The predicted octanol–water partition coefficient (Wildman–Crippen LogP) is 2.30. The van der Waals surface area contributed by atoms with E-state index in [0.717, 1.165) is 32.4 Å². The van der Waals surface area contributed by atoms with Crippen LogP contribution in [0.4, 0.5) is 4.39 Å². The highest BCUT2D eigenvalue weighted by Crippen LogP contribution is 2.26. The molecule has 0 amide bonds. The van der Waals surface area contributed by atoms with Crippen LogP contribution in [0.25, 0.3) is 0 Å². The molecule has 2 saturated heterocycles. The van der Waals surface area contributed by atoms with E-state index >= 15 is 0 Å². The van der Waals surface area contributed by atoms with Crippen LogP contribution in [0.5, 0.6) is 0 Å². The molecule has 0 unspecified atom stereocenters. The average Bonchev–Trinajstić information content (AvgIpc) is 3.06. The summed E-state index contributed by atoms with van der Waals surface area (Å²) in [5.74, 6) is 0.459. The van der Waals surface area contributed by atoms with Crippen LogP contribution in [0.15, 0.2) is 24.3 Å². The van der Waals surface area contributed by atoms with Crippen LogP contribution in [-0.4, -0.2) is 49.7 Å². The van der Waals surface area contributed by atoms with E-state index in [1.54, 1.807) is 0 Å². The number of hydrogen-bond acceptors (Lipinski definition) is 4. The molecule has 1 aromatic carbocycles. The van der Waals surface area contributed by atoms with E-state index in [1.165, 1.54) is 24.3 Å². The Bertz CT molecular complexity index is 672. The van der Waals surface area contributed by atoms with E-state index < -0.39 is 9.84 Å². The maximum atomic E-state index is 12.9. The summed E-state index contributed by atoms with van der Waals surface area (Å²) < 4.78 is 36.1. The van der Waals surface area contributed by atoms with Gasteiger partial charge in [0.25, 0.3) is 0 Å². The van der Waals surface area contributed by atoms with Gasteiger partial charge in [-0.1, -0.05) is 0 Å². The molecule has 0 saturated carbocycles. The van der Waals surface area contributed by atoms with Crippen LogP contribution in [0.3, 0.4) is 0 Å². The van der Waals surface area contributed by atoms with Crippen molar-refractivity contribution in [1.29, 1.82) is 0 Å². The molecule has 0 N–H and O–H groups in total. The van der Waals surface area contributed by atoms with Gasteiger partial charge >= 0.3 is 0 Å². The van der Waals surface area contributed by atoms with Gasteiger partial charge in [0.05, 0.1) is 11.5 Å². The predicted molar refractivity (Wildman–Crippen MR) is 86.7 cm³/mol. The van der Waals surface area contributed by atoms with Crippen molar-refractivity contribution in [1.82, 2.24) is 4.90 Å². The van der Waals surface area contributed by atoms with Crippen LogP contribution in [0, 0.1) is 11.7 Å². The smallest absolute Gasteiger partial charge is 0.164 e. The molecule has 0 bridgehead atoms. The van der Waals surface area contributed by atoms with Gasteiger partial charge in [-0.25, -0.2) is 12.8 Å². The van der Waals surface area contributed by atoms with Crippen LogP contribution < -0.4 is 0 Å². The van der Waals surface area contributed by atoms with Crippen molar-refractivity contribution in [3.05, 3.63) is 35.6 Å². The first kappa shape index (κ1) is 16.6. The van der Waals surface area contributed by atoms with Crippen molar-refractivity contribution in [2.75, 3.05) is 24.6 Å². The maximum Gasteiger partial charge on any atom is 0.164 e. The Kier molecular flexibility index (Phi) is 4.82. The molecule has 3 rings (SSSR count). The van der Waals surface area contributed by atoms with Gasteiger partial charge in [0.1, 0.15) is 5.82 Å². The first-order valence-corrected chi connectivity index (χ1v) is 9.98. The minimum Gasteiger partial charge on any atom is -0.300 e. The van der Waals surface area contributed by atoms with Gasteiger partial charge in [-0.3, -0.25) is 9.69 Å². The number of Topliss-reactive ketones (excluding diaryl/α,β-unsaturated/α-hetero) is 1. The molecule has 0 radical (unpaired) electrons. The second kappa shape index (κ2) is 6.69. The molecule has 2 aliphatic rings. The van der Waals surface area contributed by atoms with Gasteiger partial charge in [-0.05, 0) is 56.0 Å². The summed E-state index contributed by atoms with van der Waals surface area (Å²) >= 11 is 0. The molecule has 0 spiro atoms. The van der Waals surface area contributed by atoms with Crippen LogP contribution in [0.2, 0.25) is 0 Å². The van der Waals surface area contributed by atoms with Gasteiger partial charge < -0.3 is 0 Å². The Morgan fingerprint density at radius 2 is 1.96 bits per heavy atom. The second-order valence-corrected chi connectivity index (χ2v) is 8.92. The lowest BCUT2D eigenvalue weighted by Gasteiger charge is -2.26. The Morgan fingerprint density at radius 1 is 1.22 bits per heavy atom. The number of likely N-dealkylation sites (tertiary alicyclic amines) is 1. The number of hydrogen-bond donors (Lipinski definition) is 0. The van der Waals surface area contributed by atoms with Crippen molar-refractivity contribution in [2.45, 2.75) is 31.7 Å². The zero-order valence-electron chi connectivity index (χ0n) is 13.1. The zero-order chi connectivity index (χ0) is 16.4. The number of sulfone groups is 1. The second-order valence-electron chi connectivity index (χ2n) is 6.69. The van der Waals surface area contributed by atoms with Crippen molar-refractivity contribution in [3.8, 4) is 0 Å². The van der Waals surface area contributed by atoms with Gasteiger partial charge in [0.15, 0.2) is 15.6 Å². The van der Waals surface area contributed by atoms with E-state index in [1.807, 2.05) is 0 Å². The number of nitrogens with zero attached hydrogens (tertiary/aromatic N) is 1. The maximum absolute atomic E-state index is 12.9. The molecule has 2 atom stereocenters. The molecular formula is C17H22FNO3S. The fraction of sp³-hybridized carbons (Fsp3) is 0.588. The molecule has 2 heterocycles. The summed E-state index contributed by atoms with van der Waals surface area (Å²) in [6.07, 6.45) is 3.16. The summed E-state index contributed by atoms with van der Waals surface area (Å²) in [5.41, 5.74) is 0.543. The Morgan fingerprint density at radius 3 is 2.61 bits per heavy atom. The molecule has 1 aromatic rings. The quantitative estimate of drug-likeness (QED) is 0.773. The molecule has 4 nitrogen and oxygen atoms in total. The monoisotopic (exact) mass is 339 g/mol. The zero-order valence-corrected chi connectivity index (χ0v) is 13.9. The van der Waals surface area contributed by atoms with Crippen LogP contribution >= 0.6 is 0 Å². The number of carbonyl (C=O) groups excluding carboxylic acids is 1. The standard InChI is InChI=1S/C17H22FNO3S/c18-15-5-3-14(4-6-15)17(20)10-16-2-1-8-19(16)11-13-7-9-23(21,22)12-13/h3-6,13,16H,1-2,7-12H2/t13-,16-/m1/s1. The Balaban J connectivity index is 1.58. The highest BCUT2D eigenvalue weighted by Gasteiger charge is 2.33. The summed E-state index contributed by atoms with van der Waals surface area (Å²) in [7, 11) is -2.85. The lowest BCUT2D eigenvalue weighted by molar-refractivity contribution is 0.0935. The number of rotatable bonds is 5. The Labute approximate surface area is 136 Å². The summed E-state index contributed by atoms with van der Waals surface area (Å²) in [5, 5.41) is 0. The van der Waals surface area contributed by atoms with E-state index in [9.17, 15) is 17.6 Å². The molecule has 126 valence electrons. The minimum atomic E-state index is -2.85. The number of benzene rings is 1. The summed E-state index contributed by atoms with van der Waals surface area (Å²) in [6, 6.07) is 5.85. The molecule has 6 heteroatoms. The topological polar surface area (TPSA) is 54.5 Å². The van der Waals surface area contributed by atoms with Crippen LogP contribution in [-0.2, 0) is 9.84 Å². The van der Waals surface area contributed by atoms with Crippen molar-refractivity contribution >= 4 is 15.6 Å². The first-order valence-electron chi connectivity index (χ1n) is 8.16. The lowest BCUT2D eigenvalue weighted by atomic mass is 10.0. The van der Waals surface area contributed by atoms with Crippen molar-refractivity contribution in [3.63, 3.8) is 0 Å². The van der Waals surface area contributed by atoms with E-state index in [0.29, 0.717) is 17.7 Å². The van der Waals surface area contributed by atoms with E-state index in [2.05, 4.69) is 4.90 Å². The van der Waals surface area contributed by atoms with Gasteiger partial charge in [-0.2, -0.15) is 0 Å². The van der Waals surface area contributed by atoms with Gasteiger partial charge in [0.2, 0.25) is 0 Å². The van der Waals surface area contributed by atoms with Gasteiger partial charge in [-0.15, -0.1) is 0 Å². The van der Waals surface area contributed by atoms with Crippen LogP contribution in [0.1, 0.15) is 36.0 Å². The number of halogens is 1. The highest BCUT2D eigenvalue weighted by molar-refractivity contribution is 7.91. The molecule has 2 fully saturated rings. The Hall–Kier alpha value is -1.27. The third kappa shape index (κ3) is 4.18. The highest BCUT2D eigenvalue weighted by atomic mass is 32.2. The number of ketones is 1. The van der Waals surface area contributed by atoms with E-state index in [-0.39, 0.29) is 29.3 Å². The van der Waals surface area contributed by atoms with Gasteiger partial charge in [0, 0.05) is 24.6 Å². The third-order valence-electron chi connectivity index (χ3n) is 4.91. The first-order chi connectivity index (χ1) is 10.9. The molecule has 0 aromatic heterocycles. The normalized spacial score (nSPS) is 27.3. The molecular weight excluding hydrogens is 317 g/mol. The molecule has 0 aliphatic carbocycles. The summed E-state index contributed by atoms with van der Waals surface area (Å²) in [6.45, 7) is 1.69. The molecule has 2 aliphatic heterocycles. The van der Waals surface area contributed by atoms with E-state index in [4.69, 9.17) is 0 Å². The number of carbonyl (C=O) groups is 1. The SMILES string of the molecule is O=C(C[C@H]1CCCN1C[C@H]1CCS(=O)(=O)C1)c1ccc(F)cc1.